The quantitative estimate of drug-likeness (QED) is 0.567. The fraction of sp³-hybridized carbons (Fsp3) is 0. The van der Waals surface area contributed by atoms with Gasteiger partial charge in [-0.15, -0.1) is 99.3 Å². The first-order chi connectivity index (χ1) is 0. The van der Waals surface area contributed by atoms with Gasteiger partial charge in [0, 0.05) is 0 Å². The Bertz CT molecular complexity index is 9.22. The molecular formula is H9Cl8K. The molecule has 66 valence electrons. The zero-order valence-corrected chi connectivity index (χ0v) is 13.9. The van der Waals surface area contributed by atoms with Crippen LogP contribution in [-0.2, 0) is 0 Å². The molecule has 0 unspecified atom stereocenters. The number of hydrogen-bond acceptors (Lipinski definition) is 0. The number of hydrogen-bond donors (Lipinski definition) is 0. The fourth-order valence-electron chi connectivity index (χ4n) is 0. The standard InChI is InChI=1S/8ClH.K.H/h8*1H;;/q;;;;;;;;+1;-1. The summed E-state index contributed by atoms with van der Waals surface area (Å²) in [5, 5.41) is 0. The summed E-state index contributed by atoms with van der Waals surface area (Å²) in [4.78, 5) is 0. The van der Waals surface area contributed by atoms with Crippen molar-refractivity contribution in [1.82, 2.24) is 0 Å². The molecular weight excluding hydrogens is 323 g/mol. The smallest absolute Gasteiger partial charge is 1.00 e. The average molecular weight is 332 g/mol. The van der Waals surface area contributed by atoms with Crippen molar-refractivity contribution >= 4 is 99.3 Å². The van der Waals surface area contributed by atoms with E-state index in [0.29, 0.717) is 0 Å². The molecule has 9 heavy (non-hydrogen) atoms. The predicted molar refractivity (Wildman–Crippen MR) is 59.1 cm³/mol. The van der Waals surface area contributed by atoms with E-state index in [2.05, 4.69) is 0 Å². The normalized spacial score (nSPS) is 0. The Labute approximate surface area is 149 Å². The molecule has 0 rings (SSSR count). The van der Waals surface area contributed by atoms with E-state index < -0.39 is 0 Å². The average Bonchev–Trinajstić information content (AvgIpc) is 0. The van der Waals surface area contributed by atoms with Gasteiger partial charge in [-0.1, -0.05) is 0 Å². The van der Waals surface area contributed by atoms with Gasteiger partial charge in [0.25, 0.3) is 0 Å². The second-order valence-corrected chi connectivity index (χ2v) is 0. The van der Waals surface area contributed by atoms with E-state index in [1.54, 1.807) is 0 Å². The van der Waals surface area contributed by atoms with E-state index in [1.165, 1.54) is 0 Å². The molecule has 0 aliphatic rings. The van der Waals surface area contributed by atoms with Crippen LogP contribution in [0.4, 0.5) is 0 Å². The van der Waals surface area contributed by atoms with Gasteiger partial charge in [-0.2, -0.15) is 0 Å². The molecule has 0 fully saturated rings. The molecule has 0 N–H and O–H groups in total. The summed E-state index contributed by atoms with van der Waals surface area (Å²) in [6.07, 6.45) is 0. The van der Waals surface area contributed by atoms with Crippen LogP contribution in [0.2, 0.25) is 0 Å². The zero-order valence-electron chi connectivity index (χ0n) is 5.27. The Kier molecular flexibility index (Phi) is 1210. The van der Waals surface area contributed by atoms with Crippen molar-refractivity contribution in [1.29, 1.82) is 0 Å². The van der Waals surface area contributed by atoms with Crippen LogP contribution in [-0.4, -0.2) is 0 Å². The third-order valence-corrected chi connectivity index (χ3v) is 0. The van der Waals surface area contributed by atoms with Gasteiger partial charge in [-0.3, -0.25) is 0 Å². The summed E-state index contributed by atoms with van der Waals surface area (Å²) < 4.78 is 0. The molecule has 9 heteroatoms. The van der Waals surface area contributed by atoms with Crippen molar-refractivity contribution in [3.63, 3.8) is 0 Å². The molecule has 0 saturated carbocycles. The Morgan fingerprint density at radius 3 is 0.333 bits per heavy atom. The maximum Gasteiger partial charge on any atom is 1.00 e. The van der Waals surface area contributed by atoms with Crippen molar-refractivity contribution in [3.8, 4) is 0 Å². The number of halogens is 8. The maximum atomic E-state index is 0. The summed E-state index contributed by atoms with van der Waals surface area (Å²) in [5.41, 5.74) is 0. The monoisotopic (exact) mass is 328 g/mol. The van der Waals surface area contributed by atoms with E-state index in [0.717, 1.165) is 0 Å². The van der Waals surface area contributed by atoms with Crippen LogP contribution in [0.15, 0.2) is 0 Å². The minimum absolute atomic E-state index is 0. The Hall–Kier alpha value is 3.96. The van der Waals surface area contributed by atoms with Gasteiger partial charge in [0.15, 0.2) is 0 Å². The van der Waals surface area contributed by atoms with Gasteiger partial charge in [0.1, 0.15) is 0 Å². The summed E-state index contributed by atoms with van der Waals surface area (Å²) in [5.74, 6) is 0. The third-order valence-electron chi connectivity index (χ3n) is 0. The number of rotatable bonds is 0. The summed E-state index contributed by atoms with van der Waals surface area (Å²) in [6, 6.07) is 0. The van der Waals surface area contributed by atoms with Gasteiger partial charge in [-0.05, 0) is 0 Å². The molecule has 0 aromatic rings. The molecule has 0 spiro atoms. The zero-order chi connectivity index (χ0) is 0. The SMILES string of the molecule is Cl.Cl.Cl.Cl.Cl.Cl.Cl.Cl.[H-].[K+]. The second kappa shape index (κ2) is 91.7. The van der Waals surface area contributed by atoms with E-state index in [9.17, 15) is 0 Å². The summed E-state index contributed by atoms with van der Waals surface area (Å²) in [6.45, 7) is 0. The molecule has 0 saturated heterocycles. The summed E-state index contributed by atoms with van der Waals surface area (Å²) in [7, 11) is 0. The van der Waals surface area contributed by atoms with Crippen LogP contribution >= 0.6 is 99.3 Å². The van der Waals surface area contributed by atoms with Gasteiger partial charge in [0.2, 0.25) is 0 Å². The molecule has 0 bridgehead atoms. The van der Waals surface area contributed by atoms with Gasteiger partial charge in [0.05, 0.1) is 0 Å². The largest absolute Gasteiger partial charge is 1.00 e. The van der Waals surface area contributed by atoms with E-state index in [-0.39, 0.29) is 152 Å². The molecule has 0 amide bonds. The predicted octanol–water partition coefficient (Wildman–Crippen LogP) is 0.491. The third kappa shape index (κ3) is 75.7. The van der Waals surface area contributed by atoms with Crippen LogP contribution in [0, 0.1) is 0 Å². The van der Waals surface area contributed by atoms with Crippen molar-refractivity contribution in [3.05, 3.63) is 0 Å². The molecule has 0 aliphatic carbocycles. The van der Waals surface area contributed by atoms with Gasteiger partial charge >= 0.3 is 51.4 Å². The fourth-order valence-corrected chi connectivity index (χ4v) is 0. The van der Waals surface area contributed by atoms with Crippen molar-refractivity contribution < 1.29 is 52.8 Å². The Balaban J connectivity index is 0. The van der Waals surface area contributed by atoms with Crippen molar-refractivity contribution in [2.75, 3.05) is 0 Å². The topological polar surface area (TPSA) is 0 Å². The van der Waals surface area contributed by atoms with Gasteiger partial charge < -0.3 is 1.43 Å². The Morgan fingerprint density at radius 2 is 0.333 bits per heavy atom. The van der Waals surface area contributed by atoms with Crippen molar-refractivity contribution in [2.45, 2.75) is 0 Å². The van der Waals surface area contributed by atoms with Crippen LogP contribution in [0.25, 0.3) is 0 Å². The van der Waals surface area contributed by atoms with Crippen LogP contribution in [0.1, 0.15) is 1.43 Å². The molecule has 0 aromatic heterocycles. The van der Waals surface area contributed by atoms with Gasteiger partial charge in [-0.25, -0.2) is 0 Å². The summed E-state index contributed by atoms with van der Waals surface area (Å²) >= 11 is 0. The Morgan fingerprint density at radius 1 is 0.333 bits per heavy atom. The molecule has 0 aliphatic heterocycles. The maximum absolute atomic E-state index is 0. The second-order valence-electron chi connectivity index (χ2n) is 0. The molecule has 0 aromatic carbocycles. The molecule has 0 heterocycles. The minimum atomic E-state index is 0. The van der Waals surface area contributed by atoms with E-state index in [1.807, 2.05) is 0 Å². The molecule has 0 nitrogen and oxygen atoms in total. The first kappa shape index (κ1) is 118. The van der Waals surface area contributed by atoms with Crippen LogP contribution in [0.3, 0.4) is 0 Å². The van der Waals surface area contributed by atoms with E-state index in [4.69, 9.17) is 0 Å². The van der Waals surface area contributed by atoms with Crippen molar-refractivity contribution in [2.24, 2.45) is 0 Å². The minimum Gasteiger partial charge on any atom is -1.00 e. The molecule has 0 atom stereocenters. The van der Waals surface area contributed by atoms with Crippen LogP contribution < -0.4 is 51.4 Å². The molecule has 0 radical (unpaired) electrons. The first-order valence-electron chi connectivity index (χ1n) is 0. The van der Waals surface area contributed by atoms with E-state index >= 15 is 0 Å². The first-order valence-corrected chi connectivity index (χ1v) is 0. The van der Waals surface area contributed by atoms with Crippen LogP contribution in [0.5, 0.6) is 0 Å².